The van der Waals surface area contributed by atoms with Crippen LogP contribution in [0.15, 0.2) is 36.4 Å². The third-order valence-corrected chi connectivity index (χ3v) is 6.08. The second kappa shape index (κ2) is 9.54. The lowest BCUT2D eigenvalue weighted by atomic mass is 9.87. The number of fused-ring (bicyclic) bond motifs is 1. The fourth-order valence-electron chi connectivity index (χ4n) is 4.39. The minimum absolute atomic E-state index is 0.0169. The highest BCUT2D eigenvalue weighted by Gasteiger charge is 2.34. The van der Waals surface area contributed by atoms with Crippen molar-refractivity contribution in [2.24, 2.45) is 0 Å². The second-order valence-electron chi connectivity index (χ2n) is 7.88. The Bertz CT molecular complexity index is 988. The van der Waals surface area contributed by atoms with Crippen molar-refractivity contribution in [3.8, 4) is 11.5 Å². The molecule has 2 aliphatic heterocycles. The van der Waals surface area contributed by atoms with Crippen LogP contribution in [0.25, 0.3) is 0 Å². The Morgan fingerprint density at radius 1 is 1.09 bits per heavy atom. The van der Waals surface area contributed by atoms with Gasteiger partial charge in [0.2, 0.25) is 5.91 Å². The molecule has 0 aliphatic carbocycles. The molecule has 32 heavy (non-hydrogen) atoms. The molecule has 1 amide bonds. The van der Waals surface area contributed by atoms with Crippen molar-refractivity contribution in [2.75, 3.05) is 53.6 Å². The second-order valence-corrected chi connectivity index (χ2v) is 7.88. The quantitative estimate of drug-likeness (QED) is 0.502. The Hall–Kier alpha value is -3.17. The minimum atomic E-state index is -0.423. The van der Waals surface area contributed by atoms with Gasteiger partial charge in [-0.3, -0.25) is 19.8 Å². The Morgan fingerprint density at radius 3 is 2.38 bits per heavy atom. The number of benzene rings is 2. The molecule has 170 valence electrons. The van der Waals surface area contributed by atoms with Crippen molar-refractivity contribution >= 4 is 11.6 Å². The van der Waals surface area contributed by atoms with E-state index in [0.717, 1.165) is 29.8 Å². The zero-order chi connectivity index (χ0) is 22.7. The maximum Gasteiger partial charge on any atom is 0.269 e. The fourth-order valence-corrected chi connectivity index (χ4v) is 4.39. The standard InChI is InChI=1S/C23H27N3O6/c1-30-20-13-17-7-8-25(22(27)15-24-9-11-32-12-10-24)23(19(17)14-21(20)31-2)16-3-5-18(6-4-16)26(28)29/h3-6,13-14,23H,7-12,15H2,1-2H3. The summed E-state index contributed by atoms with van der Waals surface area (Å²) in [5.74, 6) is 1.25. The van der Waals surface area contributed by atoms with Crippen LogP contribution in [0, 0.1) is 10.1 Å². The van der Waals surface area contributed by atoms with E-state index in [1.54, 1.807) is 26.4 Å². The number of ether oxygens (including phenoxy) is 3. The molecule has 0 bridgehead atoms. The number of carbonyl (C=O) groups excluding carboxylic acids is 1. The SMILES string of the molecule is COc1cc2c(cc1OC)C(c1ccc([N+](=O)[O-])cc1)N(C(=O)CN1CCOCC1)CC2. The van der Waals surface area contributed by atoms with Crippen molar-refractivity contribution in [2.45, 2.75) is 12.5 Å². The molecule has 2 aliphatic rings. The third kappa shape index (κ3) is 4.39. The summed E-state index contributed by atoms with van der Waals surface area (Å²) in [6.07, 6.45) is 0.689. The number of carbonyl (C=O) groups is 1. The number of nitro groups is 1. The lowest BCUT2D eigenvalue weighted by Gasteiger charge is -2.39. The van der Waals surface area contributed by atoms with Crippen molar-refractivity contribution in [3.05, 3.63) is 63.2 Å². The van der Waals surface area contributed by atoms with E-state index in [4.69, 9.17) is 14.2 Å². The number of hydrogen-bond acceptors (Lipinski definition) is 7. The van der Waals surface area contributed by atoms with Crippen LogP contribution in [0.4, 0.5) is 5.69 Å². The van der Waals surface area contributed by atoms with Crippen LogP contribution in [-0.4, -0.2) is 74.2 Å². The van der Waals surface area contributed by atoms with Gasteiger partial charge < -0.3 is 19.1 Å². The van der Waals surface area contributed by atoms with Crippen LogP contribution >= 0.6 is 0 Å². The molecule has 0 spiro atoms. The van der Waals surface area contributed by atoms with E-state index in [1.165, 1.54) is 12.1 Å². The van der Waals surface area contributed by atoms with Gasteiger partial charge in [-0.1, -0.05) is 0 Å². The molecule has 0 radical (unpaired) electrons. The van der Waals surface area contributed by atoms with E-state index in [0.29, 0.717) is 44.2 Å². The Balaban J connectivity index is 1.72. The Morgan fingerprint density at radius 2 is 1.75 bits per heavy atom. The smallest absolute Gasteiger partial charge is 0.269 e. The molecule has 1 unspecified atom stereocenters. The molecule has 1 atom stereocenters. The summed E-state index contributed by atoms with van der Waals surface area (Å²) in [4.78, 5) is 28.1. The van der Waals surface area contributed by atoms with E-state index in [1.807, 2.05) is 17.0 Å². The molecule has 0 saturated carbocycles. The number of non-ortho nitro benzene ring substituents is 1. The number of morpholine rings is 1. The maximum atomic E-state index is 13.4. The summed E-state index contributed by atoms with van der Waals surface area (Å²) in [6.45, 7) is 3.56. The van der Waals surface area contributed by atoms with Crippen LogP contribution in [-0.2, 0) is 16.0 Å². The maximum absolute atomic E-state index is 13.4. The van der Waals surface area contributed by atoms with Crippen LogP contribution in [0.2, 0.25) is 0 Å². The number of methoxy groups -OCH3 is 2. The lowest BCUT2D eigenvalue weighted by molar-refractivity contribution is -0.384. The molecule has 9 nitrogen and oxygen atoms in total. The third-order valence-electron chi connectivity index (χ3n) is 6.08. The topological polar surface area (TPSA) is 94.4 Å². The van der Waals surface area contributed by atoms with Gasteiger partial charge in [0.15, 0.2) is 11.5 Å². The summed E-state index contributed by atoms with van der Waals surface area (Å²) in [7, 11) is 3.17. The molecule has 2 aromatic carbocycles. The number of rotatable bonds is 6. The average Bonchev–Trinajstić information content (AvgIpc) is 2.83. The van der Waals surface area contributed by atoms with Gasteiger partial charge in [0, 0.05) is 31.8 Å². The number of amides is 1. The van der Waals surface area contributed by atoms with Gasteiger partial charge in [0.05, 0.1) is 44.9 Å². The highest BCUT2D eigenvalue weighted by molar-refractivity contribution is 5.80. The molecule has 4 rings (SSSR count). The highest BCUT2D eigenvalue weighted by Crippen LogP contribution is 2.41. The Labute approximate surface area is 186 Å². The van der Waals surface area contributed by atoms with E-state index >= 15 is 0 Å². The van der Waals surface area contributed by atoms with Crippen molar-refractivity contribution in [3.63, 3.8) is 0 Å². The van der Waals surface area contributed by atoms with E-state index in [-0.39, 0.29) is 17.6 Å². The molecular formula is C23H27N3O6. The molecule has 2 aromatic rings. The molecule has 0 N–H and O–H groups in total. The van der Waals surface area contributed by atoms with Crippen molar-refractivity contribution in [1.82, 2.24) is 9.80 Å². The van der Waals surface area contributed by atoms with Gasteiger partial charge in [-0.25, -0.2) is 0 Å². The summed E-state index contributed by atoms with van der Waals surface area (Å²) < 4.78 is 16.4. The predicted octanol–water partition coefficient (Wildman–Crippen LogP) is 2.42. The van der Waals surface area contributed by atoms with E-state index in [2.05, 4.69) is 4.90 Å². The first-order chi connectivity index (χ1) is 15.5. The normalized spacial score (nSPS) is 18.7. The predicted molar refractivity (Wildman–Crippen MR) is 117 cm³/mol. The van der Waals surface area contributed by atoms with Gasteiger partial charge in [-0.2, -0.15) is 0 Å². The first-order valence-electron chi connectivity index (χ1n) is 10.6. The van der Waals surface area contributed by atoms with Gasteiger partial charge in [-0.05, 0) is 47.4 Å². The number of nitro benzene ring substituents is 1. The molecule has 9 heteroatoms. The van der Waals surface area contributed by atoms with Crippen LogP contribution < -0.4 is 9.47 Å². The molecular weight excluding hydrogens is 414 g/mol. The van der Waals surface area contributed by atoms with E-state index in [9.17, 15) is 14.9 Å². The fraction of sp³-hybridized carbons (Fsp3) is 0.435. The summed E-state index contributed by atoms with van der Waals surface area (Å²) in [5.41, 5.74) is 2.85. The van der Waals surface area contributed by atoms with Gasteiger partial charge in [0.25, 0.3) is 5.69 Å². The summed E-state index contributed by atoms with van der Waals surface area (Å²) in [6, 6.07) is 9.91. The molecule has 2 heterocycles. The zero-order valence-corrected chi connectivity index (χ0v) is 18.3. The lowest BCUT2D eigenvalue weighted by Crippen LogP contribution is -2.48. The number of nitrogens with zero attached hydrogens (tertiary/aromatic N) is 3. The van der Waals surface area contributed by atoms with Crippen LogP contribution in [0.3, 0.4) is 0 Å². The highest BCUT2D eigenvalue weighted by atomic mass is 16.6. The molecule has 1 saturated heterocycles. The minimum Gasteiger partial charge on any atom is -0.493 e. The first kappa shape index (κ1) is 22.0. The summed E-state index contributed by atoms with van der Waals surface area (Å²) in [5, 5.41) is 11.1. The zero-order valence-electron chi connectivity index (χ0n) is 18.3. The first-order valence-corrected chi connectivity index (χ1v) is 10.6. The molecule has 0 aromatic heterocycles. The summed E-state index contributed by atoms with van der Waals surface area (Å²) >= 11 is 0. The largest absolute Gasteiger partial charge is 0.493 e. The van der Waals surface area contributed by atoms with Gasteiger partial charge in [-0.15, -0.1) is 0 Å². The van der Waals surface area contributed by atoms with Crippen LogP contribution in [0.1, 0.15) is 22.7 Å². The van der Waals surface area contributed by atoms with Gasteiger partial charge in [0.1, 0.15) is 0 Å². The van der Waals surface area contributed by atoms with Crippen molar-refractivity contribution < 1.29 is 23.9 Å². The average molecular weight is 441 g/mol. The Kier molecular flexibility index (Phi) is 6.57. The molecule has 1 fully saturated rings. The van der Waals surface area contributed by atoms with E-state index < -0.39 is 4.92 Å². The van der Waals surface area contributed by atoms with Crippen LogP contribution in [0.5, 0.6) is 11.5 Å². The van der Waals surface area contributed by atoms with Crippen molar-refractivity contribution in [1.29, 1.82) is 0 Å². The monoisotopic (exact) mass is 441 g/mol. The van der Waals surface area contributed by atoms with Gasteiger partial charge >= 0.3 is 0 Å². The number of hydrogen-bond donors (Lipinski definition) is 0.